The lowest BCUT2D eigenvalue weighted by Crippen LogP contribution is -2.66. The molecule has 3 heterocycles. The molecule has 288 valence electrons. The van der Waals surface area contributed by atoms with E-state index in [1.807, 2.05) is 31.2 Å². The Kier molecular flexibility index (Phi) is 11.4. The van der Waals surface area contributed by atoms with E-state index in [0.29, 0.717) is 38.3 Å². The first-order valence-electron chi connectivity index (χ1n) is 19.0. The number of nitrogens with zero attached hydrogens (tertiary/aromatic N) is 3. The molecule has 0 aromatic heterocycles. The number of carbonyl (C=O) groups excluding carboxylic acids is 3. The molecule has 6 atom stereocenters. The van der Waals surface area contributed by atoms with E-state index in [-0.39, 0.29) is 62.5 Å². The van der Waals surface area contributed by atoms with E-state index >= 15 is 0 Å². The lowest BCUT2D eigenvalue weighted by Gasteiger charge is -2.45. The van der Waals surface area contributed by atoms with Gasteiger partial charge in [-0.2, -0.15) is 0 Å². The van der Waals surface area contributed by atoms with Crippen molar-refractivity contribution in [3.63, 3.8) is 0 Å². The van der Waals surface area contributed by atoms with Crippen LogP contribution >= 0.6 is 0 Å². The molecular weight excluding hydrogens is 676 g/mol. The molecule has 1 aromatic carbocycles. The Hall–Kier alpha value is -3.52. The predicted octanol–water partition coefficient (Wildman–Crippen LogP) is 4.43. The summed E-state index contributed by atoms with van der Waals surface area (Å²) >= 11 is 0. The maximum Gasteiger partial charge on any atom is 0.407 e. The molecule has 6 rings (SSSR count). The lowest BCUT2D eigenvalue weighted by molar-refractivity contribution is -0.151. The number of ether oxygens (including phenoxy) is 2. The van der Waals surface area contributed by atoms with Gasteiger partial charge in [0.1, 0.15) is 17.8 Å². The van der Waals surface area contributed by atoms with Gasteiger partial charge in [0.05, 0.1) is 24.7 Å². The Balaban J connectivity index is 1.28. The van der Waals surface area contributed by atoms with Gasteiger partial charge in [0.15, 0.2) is 0 Å². The Morgan fingerprint density at radius 1 is 1.04 bits per heavy atom. The van der Waals surface area contributed by atoms with Gasteiger partial charge in [0, 0.05) is 69.2 Å². The number of para-hydroxylation sites is 1. The third-order valence-corrected chi connectivity index (χ3v) is 11.7. The summed E-state index contributed by atoms with van der Waals surface area (Å²) in [5.74, 6) is -4.73. The Morgan fingerprint density at radius 2 is 1.75 bits per heavy atom. The van der Waals surface area contributed by atoms with E-state index in [4.69, 9.17) is 9.47 Å². The van der Waals surface area contributed by atoms with Crippen LogP contribution in [0.2, 0.25) is 0 Å². The molecule has 0 spiro atoms. The Labute approximate surface area is 304 Å². The summed E-state index contributed by atoms with van der Waals surface area (Å²) in [6.45, 7) is 9.26. The number of carboxylic acid groups (broad SMARTS) is 1. The first-order chi connectivity index (χ1) is 24.6. The van der Waals surface area contributed by atoms with Crippen LogP contribution in [-0.4, -0.2) is 119 Å². The highest BCUT2D eigenvalue weighted by Gasteiger charge is 2.50. The highest BCUT2D eigenvalue weighted by Crippen LogP contribution is 2.41. The van der Waals surface area contributed by atoms with Crippen LogP contribution in [0, 0.1) is 17.8 Å². The van der Waals surface area contributed by atoms with Gasteiger partial charge in [-0.25, -0.2) is 13.6 Å². The molecule has 0 unspecified atom stereocenters. The zero-order valence-electron chi connectivity index (χ0n) is 30.8. The van der Waals surface area contributed by atoms with Gasteiger partial charge in [-0.3, -0.25) is 19.3 Å². The fourth-order valence-corrected chi connectivity index (χ4v) is 8.61. The summed E-state index contributed by atoms with van der Waals surface area (Å²) in [5.41, 5.74) is 0.0891. The van der Waals surface area contributed by atoms with Crippen molar-refractivity contribution in [2.45, 2.75) is 121 Å². The van der Waals surface area contributed by atoms with Crippen molar-refractivity contribution in [3.05, 3.63) is 29.8 Å². The van der Waals surface area contributed by atoms with E-state index in [2.05, 4.69) is 15.5 Å². The molecule has 5 aliphatic rings. The number of alkyl halides is 2. The minimum atomic E-state index is -2.86. The molecule has 12 nitrogen and oxygen atoms in total. The van der Waals surface area contributed by atoms with Crippen LogP contribution in [0.5, 0.6) is 5.75 Å². The maximum absolute atomic E-state index is 15.0. The summed E-state index contributed by atoms with van der Waals surface area (Å²) in [6.07, 6.45) is 0.812. The third kappa shape index (κ3) is 8.64. The van der Waals surface area contributed by atoms with Crippen molar-refractivity contribution in [2.24, 2.45) is 17.8 Å². The minimum Gasteiger partial charge on any atom is -0.493 e. The number of piperazine rings is 1. The summed E-state index contributed by atoms with van der Waals surface area (Å²) < 4.78 is 40.7. The molecule has 2 aliphatic carbocycles. The first-order valence-corrected chi connectivity index (χ1v) is 19.0. The van der Waals surface area contributed by atoms with Gasteiger partial charge in [-0.15, -0.1) is 0 Å². The normalized spacial score (nSPS) is 27.4. The molecule has 3 aliphatic heterocycles. The average molecular weight is 732 g/mol. The van der Waals surface area contributed by atoms with Crippen molar-refractivity contribution < 1.29 is 42.5 Å². The third-order valence-electron chi connectivity index (χ3n) is 11.7. The smallest absolute Gasteiger partial charge is 0.407 e. The van der Waals surface area contributed by atoms with Crippen LogP contribution in [0.4, 0.5) is 13.6 Å². The van der Waals surface area contributed by atoms with Gasteiger partial charge in [0.25, 0.3) is 0 Å². The van der Waals surface area contributed by atoms with E-state index in [0.717, 1.165) is 18.4 Å². The standard InChI is InChI=1S/C38H55F2N5O7/c1-5-51-26-18-25-19-44(30(22-43(25)20-26)34(47)41-29-14-17-52-31-9-7-6-8-27(29)31)35(48)32(24-12-15-38(39,40)16-13-24)42-33(46)28(23-10-11-23)21-45(36(49)50)37(2,3)4/h6-9,23-26,28-30,32H,5,10-22H2,1-4H3,(H,41,47)(H,42,46)(H,49,50)/t25-,26-,28-,29-,30+,32+/m1/s1. The highest BCUT2D eigenvalue weighted by molar-refractivity contribution is 5.93. The number of hydrogen-bond acceptors (Lipinski definition) is 7. The second-order valence-electron chi connectivity index (χ2n) is 16.4. The molecule has 0 radical (unpaired) electrons. The van der Waals surface area contributed by atoms with Crippen molar-refractivity contribution >= 4 is 23.8 Å². The van der Waals surface area contributed by atoms with Crippen LogP contribution in [-0.2, 0) is 19.1 Å². The summed E-state index contributed by atoms with van der Waals surface area (Å²) in [7, 11) is 0. The SMILES string of the molecule is CCO[C@@H]1C[C@@H]2CN(C(=O)[C@@H](NC(=O)[C@H](CN(C(=O)O)C(C)(C)C)C3CC3)C3CCC(F)(F)CC3)[C@H](C(=O)N[C@@H]3CCOc4ccccc43)CN2C1. The van der Waals surface area contributed by atoms with E-state index in [1.165, 1.54) is 4.90 Å². The number of nitrogens with one attached hydrogen (secondary N) is 2. The highest BCUT2D eigenvalue weighted by atomic mass is 19.3. The Morgan fingerprint density at radius 3 is 2.40 bits per heavy atom. The molecule has 2 saturated carbocycles. The second-order valence-corrected chi connectivity index (χ2v) is 16.4. The maximum atomic E-state index is 15.0. The summed E-state index contributed by atoms with van der Waals surface area (Å²) in [6, 6.07) is 5.10. The summed E-state index contributed by atoms with van der Waals surface area (Å²) in [4.78, 5) is 60.8. The van der Waals surface area contributed by atoms with Gasteiger partial charge in [-0.1, -0.05) is 18.2 Å². The fraction of sp³-hybridized carbons (Fsp3) is 0.737. The molecule has 2 saturated heterocycles. The molecule has 3 N–H and O–H groups in total. The van der Waals surface area contributed by atoms with Gasteiger partial charge in [0.2, 0.25) is 23.6 Å². The number of benzene rings is 1. The first kappa shape index (κ1) is 38.2. The molecule has 4 fully saturated rings. The van der Waals surface area contributed by atoms with Crippen LogP contribution in [0.1, 0.15) is 90.7 Å². The predicted molar refractivity (Wildman–Crippen MR) is 188 cm³/mol. The van der Waals surface area contributed by atoms with Gasteiger partial charge >= 0.3 is 6.09 Å². The van der Waals surface area contributed by atoms with Crippen LogP contribution in [0.15, 0.2) is 24.3 Å². The Bertz CT molecular complexity index is 1480. The number of rotatable bonds is 11. The number of hydrogen-bond donors (Lipinski definition) is 3. The van der Waals surface area contributed by atoms with Gasteiger partial charge in [-0.05, 0) is 77.7 Å². The molecule has 52 heavy (non-hydrogen) atoms. The zero-order valence-corrected chi connectivity index (χ0v) is 30.8. The van der Waals surface area contributed by atoms with E-state index in [9.17, 15) is 33.1 Å². The number of halogens is 2. The number of fused-ring (bicyclic) bond motifs is 2. The van der Waals surface area contributed by atoms with Crippen molar-refractivity contribution in [1.29, 1.82) is 0 Å². The topological polar surface area (TPSA) is 141 Å². The molecule has 4 amide bonds. The van der Waals surface area contributed by atoms with E-state index < -0.39 is 66.1 Å². The van der Waals surface area contributed by atoms with Crippen molar-refractivity contribution in [2.75, 3.05) is 39.4 Å². The monoisotopic (exact) mass is 731 g/mol. The molecule has 0 bridgehead atoms. The van der Waals surface area contributed by atoms with Crippen molar-refractivity contribution in [1.82, 2.24) is 25.3 Å². The van der Waals surface area contributed by atoms with Crippen molar-refractivity contribution in [3.8, 4) is 5.75 Å². The lowest BCUT2D eigenvalue weighted by atomic mass is 9.81. The fourth-order valence-electron chi connectivity index (χ4n) is 8.61. The van der Waals surface area contributed by atoms with Crippen LogP contribution in [0.25, 0.3) is 0 Å². The summed E-state index contributed by atoms with van der Waals surface area (Å²) in [5, 5.41) is 16.2. The minimum absolute atomic E-state index is 0.0343. The average Bonchev–Trinajstić information content (AvgIpc) is 3.85. The molecular formula is C38H55F2N5O7. The zero-order chi connectivity index (χ0) is 37.4. The van der Waals surface area contributed by atoms with Gasteiger partial charge < -0.3 is 35.0 Å². The number of amides is 4. The van der Waals surface area contributed by atoms with Crippen LogP contribution in [0.3, 0.4) is 0 Å². The largest absolute Gasteiger partial charge is 0.493 e. The van der Waals surface area contributed by atoms with Crippen LogP contribution < -0.4 is 15.4 Å². The van der Waals surface area contributed by atoms with E-state index in [1.54, 1.807) is 25.7 Å². The quantitative estimate of drug-likeness (QED) is 0.304. The number of carbonyl (C=O) groups is 4. The molecule has 14 heteroatoms. The second kappa shape index (κ2) is 15.5. The molecule has 1 aromatic rings.